The lowest BCUT2D eigenvalue weighted by molar-refractivity contribution is 0.460. The van der Waals surface area contributed by atoms with Gasteiger partial charge in [0.2, 0.25) is 0 Å². The number of hydrogen-bond donors (Lipinski definition) is 1. The maximum absolute atomic E-state index is 5.66. The third-order valence-corrected chi connectivity index (χ3v) is 3.71. The van der Waals surface area contributed by atoms with Crippen molar-refractivity contribution in [2.24, 2.45) is 0 Å². The monoisotopic (exact) mass is 268 g/mol. The van der Waals surface area contributed by atoms with E-state index in [9.17, 15) is 0 Å². The molecule has 0 amide bonds. The fourth-order valence-corrected chi connectivity index (χ4v) is 2.58. The molecule has 1 N–H and O–H groups in total. The summed E-state index contributed by atoms with van der Waals surface area (Å²) in [7, 11) is 0. The average Bonchev–Trinajstić information content (AvgIpc) is 2.96. The van der Waals surface area contributed by atoms with Gasteiger partial charge in [0.1, 0.15) is 11.5 Å². The van der Waals surface area contributed by atoms with Crippen molar-refractivity contribution in [2.45, 2.75) is 18.7 Å². The molecular weight excluding hydrogens is 252 g/mol. The Balaban J connectivity index is 1.67. The molecule has 3 nitrogen and oxygen atoms in total. The first-order chi connectivity index (χ1) is 8.38. The second-order valence-electron chi connectivity index (χ2n) is 3.65. The molecule has 0 aromatic carbocycles. The molecule has 2 rings (SSSR count). The fraction of sp³-hybridized carbons (Fsp3) is 0.417. The number of rotatable bonds is 7. The van der Waals surface area contributed by atoms with Crippen LogP contribution in [0.5, 0.6) is 0 Å². The van der Waals surface area contributed by atoms with Crippen LogP contribution in [0.2, 0.25) is 0 Å². The summed E-state index contributed by atoms with van der Waals surface area (Å²) in [6.45, 7) is 1.73. The third-order valence-electron chi connectivity index (χ3n) is 2.30. The van der Waals surface area contributed by atoms with E-state index in [0.717, 1.165) is 36.8 Å². The van der Waals surface area contributed by atoms with Crippen molar-refractivity contribution in [2.75, 3.05) is 12.8 Å². The quantitative estimate of drug-likeness (QED) is 0.784. The van der Waals surface area contributed by atoms with Crippen molar-refractivity contribution in [3.05, 3.63) is 40.2 Å². The summed E-state index contributed by atoms with van der Waals surface area (Å²) < 4.78 is 5.66. The molecule has 0 saturated heterocycles. The van der Waals surface area contributed by atoms with Gasteiger partial charge in [0.15, 0.2) is 0 Å². The highest BCUT2D eigenvalue weighted by molar-refractivity contribution is 7.97. The summed E-state index contributed by atoms with van der Waals surface area (Å²) >= 11 is 3.48. The fourth-order valence-electron chi connectivity index (χ4n) is 1.52. The molecule has 2 heterocycles. The Morgan fingerprint density at radius 1 is 1.41 bits per heavy atom. The van der Waals surface area contributed by atoms with Crippen LogP contribution in [0.1, 0.15) is 16.5 Å². The van der Waals surface area contributed by atoms with Crippen LogP contribution in [0.25, 0.3) is 0 Å². The topological polar surface area (TPSA) is 38.1 Å². The number of nitrogens with one attached hydrogen (secondary N) is 1. The van der Waals surface area contributed by atoms with Gasteiger partial charge in [-0.05, 0) is 18.4 Å². The summed E-state index contributed by atoms with van der Waals surface area (Å²) in [6.07, 6.45) is 4.91. The van der Waals surface area contributed by atoms with Crippen molar-refractivity contribution in [3.63, 3.8) is 0 Å². The molecule has 92 valence electrons. The van der Waals surface area contributed by atoms with Gasteiger partial charge in [-0.3, -0.25) is 0 Å². The first-order valence-electron chi connectivity index (χ1n) is 5.54. The van der Waals surface area contributed by atoms with E-state index in [2.05, 4.69) is 16.6 Å². The standard InChI is InChI=1S/C12H16N2OS2/c1-16-9-11-3-2-10(15-11)8-13-5-4-12-14-6-7-17-12/h2-3,6-7,13H,4-5,8-9H2,1H3. The number of nitrogens with zero attached hydrogens (tertiary/aromatic N) is 1. The van der Waals surface area contributed by atoms with Gasteiger partial charge < -0.3 is 9.73 Å². The minimum Gasteiger partial charge on any atom is -0.464 e. The summed E-state index contributed by atoms with van der Waals surface area (Å²) in [6, 6.07) is 4.09. The zero-order valence-corrected chi connectivity index (χ0v) is 11.4. The van der Waals surface area contributed by atoms with Crippen molar-refractivity contribution >= 4 is 23.1 Å². The van der Waals surface area contributed by atoms with E-state index in [0.29, 0.717) is 0 Å². The summed E-state index contributed by atoms with van der Waals surface area (Å²) in [4.78, 5) is 4.24. The van der Waals surface area contributed by atoms with E-state index in [1.807, 2.05) is 23.7 Å². The molecule has 2 aromatic rings. The number of thiazole rings is 1. The first kappa shape index (κ1) is 12.7. The Bertz CT molecular complexity index is 425. The van der Waals surface area contributed by atoms with Gasteiger partial charge in [-0.2, -0.15) is 11.8 Å². The van der Waals surface area contributed by atoms with Crippen LogP contribution < -0.4 is 5.32 Å². The van der Waals surface area contributed by atoms with E-state index >= 15 is 0 Å². The molecule has 0 bridgehead atoms. The lowest BCUT2D eigenvalue weighted by Gasteiger charge is -2.00. The zero-order chi connectivity index (χ0) is 11.9. The van der Waals surface area contributed by atoms with E-state index in [1.165, 1.54) is 5.01 Å². The maximum Gasteiger partial charge on any atom is 0.117 e. The molecule has 0 aliphatic heterocycles. The number of aromatic nitrogens is 1. The van der Waals surface area contributed by atoms with Crippen molar-refractivity contribution in [3.8, 4) is 0 Å². The highest BCUT2D eigenvalue weighted by Gasteiger charge is 2.01. The first-order valence-corrected chi connectivity index (χ1v) is 7.81. The molecule has 17 heavy (non-hydrogen) atoms. The van der Waals surface area contributed by atoms with Crippen molar-refractivity contribution < 1.29 is 4.42 Å². The third kappa shape index (κ3) is 4.18. The van der Waals surface area contributed by atoms with E-state index < -0.39 is 0 Å². The molecule has 0 aliphatic rings. The smallest absolute Gasteiger partial charge is 0.117 e. The van der Waals surface area contributed by atoms with Crippen LogP contribution in [0.3, 0.4) is 0 Å². The van der Waals surface area contributed by atoms with Crippen LogP contribution in [-0.2, 0) is 18.7 Å². The summed E-state index contributed by atoms with van der Waals surface area (Å²) in [5.74, 6) is 3.00. The Kier molecular flexibility index (Phi) is 5.09. The normalized spacial score (nSPS) is 10.9. The summed E-state index contributed by atoms with van der Waals surface area (Å²) in [5.41, 5.74) is 0. The molecular formula is C12H16N2OS2. The van der Waals surface area contributed by atoms with Gasteiger partial charge in [-0.15, -0.1) is 11.3 Å². The number of hydrogen-bond acceptors (Lipinski definition) is 5. The van der Waals surface area contributed by atoms with Gasteiger partial charge in [0.25, 0.3) is 0 Å². The molecule has 0 atom stereocenters. The van der Waals surface area contributed by atoms with Crippen LogP contribution >= 0.6 is 23.1 Å². The van der Waals surface area contributed by atoms with E-state index in [4.69, 9.17) is 4.42 Å². The Morgan fingerprint density at radius 2 is 2.29 bits per heavy atom. The Morgan fingerprint density at radius 3 is 3.06 bits per heavy atom. The highest BCUT2D eigenvalue weighted by Crippen LogP contribution is 2.13. The lowest BCUT2D eigenvalue weighted by atomic mass is 10.4. The number of furan rings is 1. The Labute approximate surface area is 110 Å². The van der Waals surface area contributed by atoms with Crippen molar-refractivity contribution in [1.82, 2.24) is 10.3 Å². The predicted octanol–water partition coefficient (Wildman–Crippen LogP) is 2.93. The van der Waals surface area contributed by atoms with Crippen molar-refractivity contribution in [1.29, 1.82) is 0 Å². The second-order valence-corrected chi connectivity index (χ2v) is 5.50. The molecule has 0 saturated carbocycles. The van der Waals surface area contributed by atoms with Gasteiger partial charge in [0.05, 0.1) is 17.3 Å². The SMILES string of the molecule is CSCc1ccc(CNCCc2nccs2)o1. The van der Waals surface area contributed by atoms with Crippen LogP contribution in [0.15, 0.2) is 28.1 Å². The van der Waals surface area contributed by atoms with E-state index in [-0.39, 0.29) is 0 Å². The van der Waals surface area contributed by atoms with Gasteiger partial charge in [0, 0.05) is 24.5 Å². The second kappa shape index (κ2) is 6.83. The molecule has 0 radical (unpaired) electrons. The Hall–Kier alpha value is -0.780. The molecule has 2 aromatic heterocycles. The van der Waals surface area contributed by atoms with Gasteiger partial charge in [-0.1, -0.05) is 0 Å². The largest absolute Gasteiger partial charge is 0.464 e. The molecule has 0 fully saturated rings. The molecule has 5 heteroatoms. The van der Waals surface area contributed by atoms with Crippen LogP contribution in [0.4, 0.5) is 0 Å². The molecule has 0 unspecified atom stereocenters. The van der Waals surface area contributed by atoms with Crippen LogP contribution in [-0.4, -0.2) is 17.8 Å². The average molecular weight is 268 g/mol. The number of thioether (sulfide) groups is 1. The molecule has 0 spiro atoms. The summed E-state index contributed by atoms with van der Waals surface area (Å²) in [5, 5.41) is 6.55. The van der Waals surface area contributed by atoms with E-state index in [1.54, 1.807) is 23.1 Å². The maximum atomic E-state index is 5.66. The van der Waals surface area contributed by atoms with Gasteiger partial charge in [-0.25, -0.2) is 4.98 Å². The highest BCUT2D eigenvalue weighted by atomic mass is 32.2. The minimum absolute atomic E-state index is 0.791. The zero-order valence-electron chi connectivity index (χ0n) is 9.81. The predicted molar refractivity (Wildman–Crippen MR) is 73.5 cm³/mol. The van der Waals surface area contributed by atoms with Crippen LogP contribution in [0, 0.1) is 0 Å². The lowest BCUT2D eigenvalue weighted by Crippen LogP contribution is -2.16. The molecule has 0 aliphatic carbocycles. The minimum atomic E-state index is 0.791. The van der Waals surface area contributed by atoms with Gasteiger partial charge >= 0.3 is 0 Å².